The maximum Gasteiger partial charge on any atom is 0.0478 e. The fraction of sp³-hybridized carbons (Fsp3) is 1.00. The molecule has 0 aliphatic carbocycles. The molecule has 0 aromatic carbocycles. The van der Waals surface area contributed by atoms with Crippen LogP contribution in [0.5, 0.6) is 0 Å². The number of rotatable bonds is 9. The zero-order valence-electron chi connectivity index (χ0n) is 13.6. The van der Waals surface area contributed by atoms with Gasteiger partial charge in [0.05, 0.1) is 0 Å². The summed E-state index contributed by atoms with van der Waals surface area (Å²) in [5.74, 6) is 0. The minimum atomic E-state index is 0.229. The van der Waals surface area contributed by atoms with E-state index in [0.29, 0.717) is 5.41 Å². The Morgan fingerprint density at radius 3 is 1.94 bits per heavy atom. The van der Waals surface area contributed by atoms with E-state index in [-0.39, 0.29) is 5.54 Å². The molecule has 2 nitrogen and oxygen atoms in total. The largest absolute Gasteiger partial charge is 0.381 e. The highest BCUT2D eigenvalue weighted by Crippen LogP contribution is 2.21. The summed E-state index contributed by atoms with van der Waals surface area (Å²) in [6, 6.07) is 0. The van der Waals surface area contributed by atoms with E-state index >= 15 is 0 Å². The van der Waals surface area contributed by atoms with Gasteiger partial charge in [0.15, 0.2) is 0 Å². The lowest BCUT2D eigenvalue weighted by atomic mass is 9.89. The lowest BCUT2D eigenvalue weighted by Crippen LogP contribution is -2.36. The Balaban J connectivity index is 3.13. The highest BCUT2D eigenvalue weighted by atomic mass is 16.5. The summed E-state index contributed by atoms with van der Waals surface area (Å²) in [5.41, 5.74) is 0.715. The van der Waals surface area contributed by atoms with E-state index in [9.17, 15) is 0 Å². The van der Waals surface area contributed by atoms with Crippen LogP contribution in [0.1, 0.15) is 73.6 Å². The van der Waals surface area contributed by atoms with Gasteiger partial charge >= 0.3 is 0 Å². The summed E-state index contributed by atoms with van der Waals surface area (Å²) in [5, 5.41) is 3.47. The second kappa shape index (κ2) is 8.92. The van der Waals surface area contributed by atoms with Gasteiger partial charge in [-0.15, -0.1) is 0 Å². The van der Waals surface area contributed by atoms with Crippen molar-refractivity contribution < 1.29 is 4.74 Å². The molecular weight excluding hydrogens is 222 g/mol. The van der Waals surface area contributed by atoms with Gasteiger partial charge in [-0.05, 0) is 52.0 Å². The zero-order chi connectivity index (χ0) is 14.1. The van der Waals surface area contributed by atoms with E-state index in [2.05, 4.69) is 46.9 Å². The number of unbranched alkanes of at least 4 members (excludes halogenated alkanes) is 2. The minimum Gasteiger partial charge on any atom is -0.381 e. The Hall–Kier alpha value is -0.0800. The average molecular weight is 257 g/mol. The molecule has 2 heteroatoms. The first-order chi connectivity index (χ1) is 8.21. The van der Waals surface area contributed by atoms with Crippen LogP contribution in [-0.2, 0) is 4.74 Å². The lowest BCUT2D eigenvalue weighted by molar-refractivity contribution is 0.125. The molecule has 18 heavy (non-hydrogen) atoms. The smallest absolute Gasteiger partial charge is 0.0478 e. The first-order valence-electron chi connectivity index (χ1n) is 7.53. The molecule has 0 bridgehead atoms. The lowest BCUT2D eigenvalue weighted by Gasteiger charge is -2.20. The minimum absolute atomic E-state index is 0.229. The van der Waals surface area contributed by atoms with Gasteiger partial charge in [0.2, 0.25) is 0 Å². The number of hydrogen-bond acceptors (Lipinski definition) is 2. The zero-order valence-corrected chi connectivity index (χ0v) is 13.6. The second-order valence-corrected chi connectivity index (χ2v) is 7.51. The van der Waals surface area contributed by atoms with Crippen LogP contribution >= 0.6 is 0 Å². The molecule has 0 aliphatic rings. The van der Waals surface area contributed by atoms with Crippen molar-refractivity contribution >= 4 is 0 Å². The molecule has 0 aromatic heterocycles. The van der Waals surface area contributed by atoms with Gasteiger partial charge < -0.3 is 10.1 Å². The summed E-state index contributed by atoms with van der Waals surface area (Å²) < 4.78 is 5.64. The summed E-state index contributed by atoms with van der Waals surface area (Å²) >= 11 is 0. The normalized spacial score (nSPS) is 13.0. The third-order valence-corrected chi connectivity index (χ3v) is 2.84. The first kappa shape index (κ1) is 17.9. The van der Waals surface area contributed by atoms with E-state index in [1.54, 1.807) is 0 Å². The SMILES string of the molecule is CC(C)(C)CCCCCOCCCNC(C)(C)C. The third-order valence-electron chi connectivity index (χ3n) is 2.84. The third kappa shape index (κ3) is 15.9. The van der Waals surface area contributed by atoms with Crippen LogP contribution in [0.3, 0.4) is 0 Å². The highest BCUT2D eigenvalue weighted by Gasteiger charge is 2.08. The molecule has 0 aromatic rings. The second-order valence-electron chi connectivity index (χ2n) is 7.51. The summed E-state index contributed by atoms with van der Waals surface area (Å²) in [6.45, 7) is 16.4. The van der Waals surface area contributed by atoms with Crippen molar-refractivity contribution in [2.75, 3.05) is 19.8 Å². The molecule has 0 fully saturated rings. The van der Waals surface area contributed by atoms with Crippen LogP contribution in [0.4, 0.5) is 0 Å². The molecule has 0 saturated heterocycles. The molecular formula is C16H35NO. The molecule has 0 rings (SSSR count). The Kier molecular flexibility index (Phi) is 8.89. The maximum absolute atomic E-state index is 5.64. The predicted molar refractivity (Wildman–Crippen MR) is 81.1 cm³/mol. The van der Waals surface area contributed by atoms with Crippen molar-refractivity contribution in [1.82, 2.24) is 5.32 Å². The Bertz CT molecular complexity index is 166. The fourth-order valence-electron chi connectivity index (χ4n) is 1.78. The number of ether oxygens (including phenoxy) is 1. The molecule has 0 spiro atoms. The van der Waals surface area contributed by atoms with E-state index in [1.165, 1.54) is 25.7 Å². The molecule has 0 radical (unpaired) electrons. The Labute approximate surface area is 115 Å². The van der Waals surface area contributed by atoms with Crippen molar-refractivity contribution in [3.63, 3.8) is 0 Å². The van der Waals surface area contributed by atoms with Crippen LogP contribution in [0.25, 0.3) is 0 Å². The van der Waals surface area contributed by atoms with E-state index in [0.717, 1.165) is 26.2 Å². The summed E-state index contributed by atoms with van der Waals surface area (Å²) in [4.78, 5) is 0. The van der Waals surface area contributed by atoms with Gasteiger partial charge in [0, 0.05) is 18.8 Å². The van der Waals surface area contributed by atoms with Crippen molar-refractivity contribution in [2.24, 2.45) is 5.41 Å². The van der Waals surface area contributed by atoms with E-state index in [4.69, 9.17) is 4.74 Å². The predicted octanol–water partition coefficient (Wildman–Crippen LogP) is 4.39. The standard InChI is InChI=1S/C16H35NO/c1-15(2,3)11-8-7-9-13-18-14-10-12-17-16(4,5)6/h17H,7-14H2,1-6H3. The maximum atomic E-state index is 5.64. The topological polar surface area (TPSA) is 21.3 Å². The molecule has 110 valence electrons. The average Bonchev–Trinajstić information content (AvgIpc) is 2.17. The van der Waals surface area contributed by atoms with Crippen molar-refractivity contribution in [3.05, 3.63) is 0 Å². The monoisotopic (exact) mass is 257 g/mol. The van der Waals surface area contributed by atoms with E-state index in [1.807, 2.05) is 0 Å². The molecule has 0 amide bonds. The van der Waals surface area contributed by atoms with Crippen molar-refractivity contribution in [3.8, 4) is 0 Å². The van der Waals surface area contributed by atoms with Crippen LogP contribution < -0.4 is 5.32 Å². The number of nitrogens with one attached hydrogen (secondary N) is 1. The highest BCUT2D eigenvalue weighted by molar-refractivity contribution is 4.69. The fourth-order valence-corrected chi connectivity index (χ4v) is 1.78. The van der Waals surface area contributed by atoms with Gasteiger partial charge in [-0.1, -0.05) is 33.6 Å². The van der Waals surface area contributed by atoms with Gasteiger partial charge in [-0.2, -0.15) is 0 Å². The van der Waals surface area contributed by atoms with Crippen molar-refractivity contribution in [2.45, 2.75) is 79.2 Å². The molecule has 1 N–H and O–H groups in total. The van der Waals surface area contributed by atoms with Gasteiger partial charge in [-0.25, -0.2) is 0 Å². The molecule has 0 unspecified atom stereocenters. The quantitative estimate of drug-likeness (QED) is 0.619. The van der Waals surface area contributed by atoms with Gasteiger partial charge in [0.1, 0.15) is 0 Å². The van der Waals surface area contributed by atoms with Crippen LogP contribution in [0, 0.1) is 5.41 Å². The van der Waals surface area contributed by atoms with E-state index < -0.39 is 0 Å². The number of hydrogen-bond donors (Lipinski definition) is 1. The van der Waals surface area contributed by atoms with Crippen LogP contribution in [0.2, 0.25) is 0 Å². The van der Waals surface area contributed by atoms with Crippen LogP contribution in [0.15, 0.2) is 0 Å². The summed E-state index contributed by atoms with van der Waals surface area (Å²) in [6.07, 6.45) is 6.28. The molecule has 0 saturated carbocycles. The first-order valence-corrected chi connectivity index (χ1v) is 7.53. The van der Waals surface area contributed by atoms with Crippen molar-refractivity contribution in [1.29, 1.82) is 0 Å². The Morgan fingerprint density at radius 2 is 1.39 bits per heavy atom. The molecule has 0 heterocycles. The summed E-state index contributed by atoms with van der Waals surface area (Å²) in [7, 11) is 0. The van der Waals surface area contributed by atoms with Gasteiger partial charge in [0.25, 0.3) is 0 Å². The van der Waals surface area contributed by atoms with Gasteiger partial charge in [-0.3, -0.25) is 0 Å². The van der Waals surface area contributed by atoms with Crippen LogP contribution in [-0.4, -0.2) is 25.3 Å². The molecule has 0 atom stereocenters. The Morgan fingerprint density at radius 1 is 0.778 bits per heavy atom. The molecule has 0 aliphatic heterocycles.